The molecular formula is C15H17BrN2. The molecule has 1 atom stereocenters. The molecule has 18 heavy (non-hydrogen) atoms. The fourth-order valence-electron chi connectivity index (χ4n) is 1.84. The number of halogens is 1. The minimum absolute atomic E-state index is 0.468. The summed E-state index contributed by atoms with van der Waals surface area (Å²) >= 11 is 3.51. The van der Waals surface area contributed by atoms with Gasteiger partial charge in [0.15, 0.2) is 0 Å². The number of benzene rings is 2. The predicted molar refractivity (Wildman–Crippen MR) is 81.9 cm³/mol. The molecule has 1 unspecified atom stereocenters. The first-order valence-electron chi connectivity index (χ1n) is 6.00. The fraction of sp³-hybridized carbons (Fsp3) is 0.200. The zero-order valence-corrected chi connectivity index (χ0v) is 11.9. The average molecular weight is 305 g/mol. The summed E-state index contributed by atoms with van der Waals surface area (Å²) in [4.78, 5) is 0. The standard InChI is InChI=1S/C15H17BrN2/c1-11(12-5-3-2-4-6-12)10-18-15-8-7-13(17)9-14(15)16/h2-9,11,18H,10,17H2,1H3. The SMILES string of the molecule is CC(CNc1ccc(N)cc1Br)c1ccccc1. The van der Waals surface area contributed by atoms with Crippen LogP contribution in [0.2, 0.25) is 0 Å². The minimum atomic E-state index is 0.468. The first-order valence-corrected chi connectivity index (χ1v) is 6.80. The average Bonchev–Trinajstić information content (AvgIpc) is 2.38. The van der Waals surface area contributed by atoms with Crippen molar-refractivity contribution in [2.45, 2.75) is 12.8 Å². The van der Waals surface area contributed by atoms with E-state index in [0.29, 0.717) is 5.92 Å². The van der Waals surface area contributed by atoms with Crippen LogP contribution < -0.4 is 11.1 Å². The molecule has 0 heterocycles. The zero-order valence-electron chi connectivity index (χ0n) is 10.4. The van der Waals surface area contributed by atoms with Crippen LogP contribution in [0, 0.1) is 0 Å². The number of anilines is 2. The van der Waals surface area contributed by atoms with Gasteiger partial charge in [0, 0.05) is 22.4 Å². The smallest absolute Gasteiger partial charge is 0.0486 e. The highest BCUT2D eigenvalue weighted by atomic mass is 79.9. The lowest BCUT2D eigenvalue weighted by atomic mass is 10.0. The van der Waals surface area contributed by atoms with Crippen LogP contribution in [0.1, 0.15) is 18.4 Å². The Morgan fingerprint density at radius 3 is 2.56 bits per heavy atom. The van der Waals surface area contributed by atoms with E-state index in [1.165, 1.54) is 5.56 Å². The Kier molecular flexibility index (Phi) is 4.26. The summed E-state index contributed by atoms with van der Waals surface area (Å²) in [7, 11) is 0. The monoisotopic (exact) mass is 304 g/mol. The van der Waals surface area contributed by atoms with Gasteiger partial charge in [-0.2, -0.15) is 0 Å². The van der Waals surface area contributed by atoms with Crippen LogP contribution in [-0.4, -0.2) is 6.54 Å². The van der Waals surface area contributed by atoms with Gasteiger partial charge in [-0.05, 0) is 45.6 Å². The molecule has 0 saturated carbocycles. The Morgan fingerprint density at radius 1 is 1.17 bits per heavy atom. The van der Waals surface area contributed by atoms with E-state index >= 15 is 0 Å². The molecule has 2 rings (SSSR count). The van der Waals surface area contributed by atoms with Crippen molar-refractivity contribution in [3.8, 4) is 0 Å². The van der Waals surface area contributed by atoms with Gasteiger partial charge >= 0.3 is 0 Å². The summed E-state index contributed by atoms with van der Waals surface area (Å²) < 4.78 is 1.00. The maximum absolute atomic E-state index is 5.72. The van der Waals surface area contributed by atoms with Crippen molar-refractivity contribution in [3.63, 3.8) is 0 Å². The van der Waals surface area contributed by atoms with Crippen molar-refractivity contribution in [3.05, 3.63) is 58.6 Å². The van der Waals surface area contributed by atoms with E-state index in [0.717, 1.165) is 22.4 Å². The molecule has 2 nitrogen and oxygen atoms in total. The van der Waals surface area contributed by atoms with Crippen molar-refractivity contribution in [2.75, 3.05) is 17.6 Å². The van der Waals surface area contributed by atoms with Crippen LogP contribution in [0.15, 0.2) is 53.0 Å². The van der Waals surface area contributed by atoms with Crippen molar-refractivity contribution in [1.29, 1.82) is 0 Å². The molecular weight excluding hydrogens is 288 g/mol. The molecule has 0 amide bonds. The first-order chi connectivity index (χ1) is 8.66. The van der Waals surface area contributed by atoms with Crippen LogP contribution >= 0.6 is 15.9 Å². The van der Waals surface area contributed by atoms with Gasteiger partial charge in [0.25, 0.3) is 0 Å². The van der Waals surface area contributed by atoms with E-state index in [-0.39, 0.29) is 0 Å². The van der Waals surface area contributed by atoms with E-state index < -0.39 is 0 Å². The van der Waals surface area contributed by atoms with Crippen LogP contribution in [0.4, 0.5) is 11.4 Å². The van der Waals surface area contributed by atoms with Gasteiger partial charge in [-0.1, -0.05) is 37.3 Å². The highest BCUT2D eigenvalue weighted by molar-refractivity contribution is 9.10. The first kappa shape index (κ1) is 13.0. The van der Waals surface area contributed by atoms with Gasteiger partial charge in [-0.3, -0.25) is 0 Å². The zero-order chi connectivity index (χ0) is 13.0. The topological polar surface area (TPSA) is 38.0 Å². The van der Waals surface area contributed by atoms with Crippen LogP contribution in [0.3, 0.4) is 0 Å². The van der Waals surface area contributed by atoms with Gasteiger partial charge < -0.3 is 11.1 Å². The highest BCUT2D eigenvalue weighted by Gasteiger charge is 2.06. The number of nitrogens with one attached hydrogen (secondary N) is 1. The molecule has 3 heteroatoms. The summed E-state index contributed by atoms with van der Waals surface area (Å²) in [6.07, 6.45) is 0. The van der Waals surface area contributed by atoms with E-state index in [4.69, 9.17) is 5.73 Å². The van der Waals surface area contributed by atoms with Crippen LogP contribution in [0.5, 0.6) is 0 Å². The highest BCUT2D eigenvalue weighted by Crippen LogP contribution is 2.25. The Bertz CT molecular complexity index is 511. The lowest BCUT2D eigenvalue weighted by Crippen LogP contribution is -2.10. The van der Waals surface area contributed by atoms with Crippen molar-refractivity contribution in [2.24, 2.45) is 0 Å². The summed E-state index contributed by atoms with van der Waals surface area (Å²) in [5.74, 6) is 0.468. The molecule has 0 aliphatic carbocycles. The number of hydrogen-bond donors (Lipinski definition) is 2. The molecule has 94 valence electrons. The molecule has 0 aromatic heterocycles. The van der Waals surface area contributed by atoms with Gasteiger partial charge in [-0.15, -0.1) is 0 Å². The Hall–Kier alpha value is -1.48. The second-order valence-electron chi connectivity index (χ2n) is 4.43. The van der Waals surface area contributed by atoms with Gasteiger partial charge in [0.1, 0.15) is 0 Å². The maximum atomic E-state index is 5.72. The molecule has 0 spiro atoms. The Balaban J connectivity index is 1.99. The largest absolute Gasteiger partial charge is 0.399 e. The predicted octanol–water partition coefficient (Wildman–Crippen LogP) is 4.25. The fourth-order valence-corrected chi connectivity index (χ4v) is 2.37. The third kappa shape index (κ3) is 3.26. The van der Waals surface area contributed by atoms with E-state index in [1.807, 2.05) is 24.3 Å². The number of nitrogens with two attached hydrogens (primary N) is 1. The normalized spacial score (nSPS) is 12.1. The third-order valence-corrected chi connectivity index (χ3v) is 3.62. The third-order valence-electron chi connectivity index (χ3n) is 2.96. The van der Waals surface area contributed by atoms with E-state index in [9.17, 15) is 0 Å². The molecule has 0 bridgehead atoms. The molecule has 0 fully saturated rings. The number of nitrogen functional groups attached to an aromatic ring is 1. The number of hydrogen-bond acceptors (Lipinski definition) is 2. The summed E-state index contributed by atoms with van der Waals surface area (Å²) in [6.45, 7) is 3.11. The molecule has 0 radical (unpaired) electrons. The van der Waals surface area contributed by atoms with Crippen molar-refractivity contribution in [1.82, 2.24) is 0 Å². The quantitative estimate of drug-likeness (QED) is 0.829. The Morgan fingerprint density at radius 2 is 1.89 bits per heavy atom. The van der Waals surface area contributed by atoms with Gasteiger partial charge in [0.05, 0.1) is 0 Å². The summed E-state index contributed by atoms with van der Waals surface area (Å²) in [5.41, 5.74) is 8.90. The van der Waals surface area contributed by atoms with Crippen LogP contribution in [0.25, 0.3) is 0 Å². The second kappa shape index (κ2) is 5.91. The summed E-state index contributed by atoms with van der Waals surface area (Å²) in [5, 5.41) is 3.44. The molecule has 0 saturated heterocycles. The lowest BCUT2D eigenvalue weighted by Gasteiger charge is -2.15. The molecule has 0 aliphatic heterocycles. The lowest BCUT2D eigenvalue weighted by molar-refractivity contribution is 0.804. The maximum Gasteiger partial charge on any atom is 0.0486 e. The van der Waals surface area contributed by atoms with Crippen molar-refractivity contribution >= 4 is 27.3 Å². The molecule has 2 aromatic rings. The number of rotatable bonds is 4. The minimum Gasteiger partial charge on any atom is -0.399 e. The van der Waals surface area contributed by atoms with Gasteiger partial charge in [-0.25, -0.2) is 0 Å². The van der Waals surface area contributed by atoms with Gasteiger partial charge in [0.2, 0.25) is 0 Å². The molecule has 2 aromatic carbocycles. The van der Waals surface area contributed by atoms with Crippen molar-refractivity contribution < 1.29 is 0 Å². The molecule has 3 N–H and O–H groups in total. The molecule has 0 aliphatic rings. The summed E-state index contributed by atoms with van der Waals surface area (Å²) in [6, 6.07) is 16.3. The van der Waals surface area contributed by atoms with E-state index in [1.54, 1.807) is 0 Å². The van der Waals surface area contributed by atoms with Crippen LogP contribution in [-0.2, 0) is 0 Å². The van der Waals surface area contributed by atoms with E-state index in [2.05, 4.69) is 52.4 Å². The second-order valence-corrected chi connectivity index (χ2v) is 5.29. The Labute approximate surface area is 116 Å².